The van der Waals surface area contributed by atoms with Gasteiger partial charge >= 0.3 is 21.3 Å². The number of hydrogen-bond acceptors (Lipinski definition) is 16. The lowest BCUT2D eigenvalue weighted by atomic mass is 10.1. The van der Waals surface area contributed by atoms with Crippen molar-refractivity contribution in [3.8, 4) is 0 Å². The Morgan fingerprint density at radius 3 is 2.02 bits per heavy atom. The monoisotopic (exact) mass is 651 g/mol. The molecule has 0 aromatic carbocycles. The van der Waals surface area contributed by atoms with Crippen LogP contribution >= 0.6 is 15.6 Å². The Bertz CT molecular complexity index is 1820. The summed E-state index contributed by atoms with van der Waals surface area (Å²) in [4.78, 5) is 68.8. The number of ether oxygens (including phenoxy) is 2. The maximum absolute atomic E-state index is 12.9. The number of aromatic nitrogens is 6. The van der Waals surface area contributed by atoms with E-state index in [1.165, 1.54) is 0 Å². The van der Waals surface area contributed by atoms with Crippen molar-refractivity contribution in [2.24, 2.45) is 0 Å². The summed E-state index contributed by atoms with van der Waals surface area (Å²) in [6, 6.07) is 0.947. The minimum Gasteiger partial charge on any atom is -0.386 e. The first-order valence-electron chi connectivity index (χ1n) is 12.3. The maximum atomic E-state index is 12.9. The highest BCUT2D eigenvalue weighted by Gasteiger charge is 2.53. The zero-order valence-electron chi connectivity index (χ0n) is 21.3. The van der Waals surface area contributed by atoms with E-state index in [1.54, 1.807) is 0 Å². The molecule has 234 valence electrons. The summed E-state index contributed by atoms with van der Waals surface area (Å²) in [5.74, 6) is -0.285. The molecule has 10 atom stereocenters. The lowest BCUT2D eigenvalue weighted by Crippen LogP contribution is -2.40. The van der Waals surface area contributed by atoms with Crippen molar-refractivity contribution in [2.75, 3.05) is 18.9 Å². The Balaban J connectivity index is 1.29. The molecule has 43 heavy (non-hydrogen) atoms. The molecule has 0 radical (unpaired) electrons. The van der Waals surface area contributed by atoms with Crippen LogP contribution in [-0.2, 0) is 36.7 Å². The Labute approximate surface area is 236 Å². The Kier molecular flexibility index (Phi) is 7.52. The predicted octanol–water partition coefficient (Wildman–Crippen LogP) is -3.21. The predicted molar refractivity (Wildman–Crippen MR) is 135 cm³/mol. The van der Waals surface area contributed by atoms with E-state index in [1.807, 2.05) is 4.98 Å². The van der Waals surface area contributed by atoms with Gasteiger partial charge in [0.15, 0.2) is 23.6 Å². The van der Waals surface area contributed by atoms with Crippen LogP contribution in [0, 0.1) is 0 Å². The number of nitrogens with two attached hydrogens (primary N) is 1. The Morgan fingerprint density at radius 2 is 1.47 bits per heavy atom. The molecule has 4 unspecified atom stereocenters. The number of rotatable bonds is 2. The highest BCUT2D eigenvalue weighted by molar-refractivity contribution is 7.47. The molecule has 0 spiro atoms. The smallest absolute Gasteiger partial charge is 0.386 e. The molecule has 3 aromatic rings. The number of nitrogens with one attached hydrogen (secondary N) is 2. The van der Waals surface area contributed by atoms with Crippen LogP contribution in [0.3, 0.4) is 0 Å². The third-order valence-electron chi connectivity index (χ3n) is 6.78. The number of aromatic amines is 2. The number of nitrogen functional groups attached to an aromatic ring is 1. The number of phosphoric ester groups is 2. The lowest BCUT2D eigenvalue weighted by molar-refractivity contribution is -0.0675. The molecule has 6 rings (SSSR count). The zero-order valence-corrected chi connectivity index (χ0v) is 23.1. The van der Waals surface area contributed by atoms with Crippen LogP contribution in [0.15, 0.2) is 33.0 Å². The second kappa shape index (κ2) is 10.8. The van der Waals surface area contributed by atoms with Crippen LogP contribution in [0.25, 0.3) is 11.2 Å². The molecular weight excluding hydrogens is 628 g/mol. The Morgan fingerprint density at radius 1 is 0.907 bits per heavy atom. The molecule has 3 aliphatic rings. The quantitative estimate of drug-likeness (QED) is 0.134. The van der Waals surface area contributed by atoms with Gasteiger partial charge in [0.1, 0.15) is 36.6 Å². The molecule has 8 N–H and O–H groups in total. The minimum absolute atomic E-state index is 0.127. The largest absolute Gasteiger partial charge is 0.472 e. The number of hydrogen-bond donors (Lipinski definition) is 7. The molecule has 24 heteroatoms. The molecule has 6 heterocycles. The van der Waals surface area contributed by atoms with E-state index in [-0.39, 0.29) is 17.1 Å². The van der Waals surface area contributed by atoms with E-state index in [0.29, 0.717) is 0 Å². The number of anilines is 1. The van der Waals surface area contributed by atoms with Crippen molar-refractivity contribution in [1.82, 2.24) is 29.1 Å². The molecule has 0 bridgehead atoms. The van der Waals surface area contributed by atoms with E-state index >= 15 is 0 Å². The fourth-order valence-corrected chi connectivity index (χ4v) is 6.82. The summed E-state index contributed by atoms with van der Waals surface area (Å²) in [5, 5.41) is 21.9. The van der Waals surface area contributed by atoms with Gasteiger partial charge in [0, 0.05) is 12.3 Å². The first kappa shape index (κ1) is 29.9. The van der Waals surface area contributed by atoms with Crippen LogP contribution < -0.4 is 22.5 Å². The van der Waals surface area contributed by atoms with Crippen LogP contribution in [0.1, 0.15) is 12.5 Å². The molecule has 0 amide bonds. The highest BCUT2D eigenvalue weighted by atomic mass is 31.2. The van der Waals surface area contributed by atoms with Gasteiger partial charge in [-0.3, -0.25) is 46.8 Å². The van der Waals surface area contributed by atoms with Gasteiger partial charge in [-0.25, -0.2) is 18.9 Å². The van der Waals surface area contributed by atoms with E-state index in [2.05, 4.69) is 15.0 Å². The van der Waals surface area contributed by atoms with Crippen LogP contribution in [0.4, 0.5) is 5.95 Å². The normalized spacial score (nSPS) is 38.7. The molecule has 3 saturated heterocycles. The SMILES string of the molecule is Nc1nc2c(ncn2[C@@H]2O[C@H]3COP(=O)(O)OC4[C@H](COP(=O)(O)O[C@@H]3C2O)O[C@@H](n2ccc(=O)[nH]c2=O)[C@H]4O)c(=O)[nH]1. The topological polar surface area (TPSA) is 315 Å². The van der Waals surface area contributed by atoms with E-state index in [9.17, 15) is 43.5 Å². The summed E-state index contributed by atoms with van der Waals surface area (Å²) in [5.41, 5.74) is 2.85. The van der Waals surface area contributed by atoms with Crippen molar-refractivity contribution in [3.63, 3.8) is 0 Å². The molecule has 22 nitrogen and oxygen atoms in total. The second-order valence-electron chi connectivity index (χ2n) is 9.57. The lowest BCUT2D eigenvalue weighted by Gasteiger charge is -2.27. The molecule has 3 aromatic heterocycles. The fourth-order valence-electron chi connectivity index (χ4n) is 4.89. The van der Waals surface area contributed by atoms with Gasteiger partial charge in [0.25, 0.3) is 11.1 Å². The van der Waals surface area contributed by atoms with Gasteiger partial charge in [-0.1, -0.05) is 0 Å². The number of fused-ring (bicyclic) bond motifs is 3. The first-order valence-corrected chi connectivity index (χ1v) is 15.2. The molecule has 0 saturated carbocycles. The average Bonchev–Trinajstić information content (AvgIpc) is 3.56. The molecule has 0 aliphatic carbocycles. The van der Waals surface area contributed by atoms with Crippen molar-refractivity contribution in [3.05, 3.63) is 49.8 Å². The molecule has 3 aliphatic heterocycles. The standard InChI is InChI=1S/C19H23N7O15P2/c20-18-23-14-9(15(30)24-18)21-5-26(14)17-11(29)13-7(39-17)4-37-42(32,33)40-12-6(3-36-43(34,35)41-13)38-16(10(12)28)25-2-1-8(27)22-19(25)31/h1-2,5-7,10-13,16-17,28-29H,3-4H2,(H,32,33)(H,34,35)(H,22,27,31)(H3,20,23,24,30)/t6-,7-,10-,11?,12?,13-,16+,17+/m0/s1. The average molecular weight is 651 g/mol. The number of phosphoric acid groups is 2. The minimum atomic E-state index is -5.10. The van der Waals surface area contributed by atoms with Gasteiger partial charge in [-0.15, -0.1) is 0 Å². The van der Waals surface area contributed by atoms with E-state index < -0.39 is 94.7 Å². The van der Waals surface area contributed by atoms with Crippen molar-refractivity contribution in [1.29, 1.82) is 0 Å². The second-order valence-corrected chi connectivity index (χ2v) is 12.4. The van der Waals surface area contributed by atoms with Gasteiger partial charge in [0.05, 0.1) is 19.5 Å². The summed E-state index contributed by atoms with van der Waals surface area (Å²) in [6.07, 6.45) is -11.3. The van der Waals surface area contributed by atoms with Crippen molar-refractivity contribution >= 4 is 32.8 Å². The molecular formula is C19H23N7O15P2. The van der Waals surface area contributed by atoms with Crippen LogP contribution in [-0.4, -0.2) is 98.9 Å². The summed E-state index contributed by atoms with van der Waals surface area (Å²) in [7, 11) is -10.2. The summed E-state index contributed by atoms with van der Waals surface area (Å²) in [6.45, 7) is -1.79. The summed E-state index contributed by atoms with van der Waals surface area (Å²) < 4.78 is 59.3. The van der Waals surface area contributed by atoms with Gasteiger partial charge < -0.3 is 35.2 Å². The number of nitrogens with zero attached hydrogens (tertiary/aromatic N) is 4. The number of aliphatic hydroxyl groups excluding tert-OH is 2. The number of aliphatic hydroxyl groups is 2. The van der Waals surface area contributed by atoms with Gasteiger partial charge in [0.2, 0.25) is 5.95 Å². The molecule has 3 fully saturated rings. The van der Waals surface area contributed by atoms with Gasteiger partial charge in [-0.05, 0) is 0 Å². The van der Waals surface area contributed by atoms with E-state index in [0.717, 1.165) is 27.7 Å². The summed E-state index contributed by atoms with van der Waals surface area (Å²) >= 11 is 0. The van der Waals surface area contributed by atoms with Crippen LogP contribution in [0.5, 0.6) is 0 Å². The van der Waals surface area contributed by atoms with E-state index in [4.69, 9.17) is 33.3 Å². The highest BCUT2D eigenvalue weighted by Crippen LogP contribution is 2.53. The van der Waals surface area contributed by atoms with Crippen molar-refractivity contribution in [2.45, 2.75) is 49.1 Å². The zero-order chi connectivity index (χ0) is 30.8. The van der Waals surface area contributed by atoms with Crippen molar-refractivity contribution < 1.29 is 56.7 Å². The van der Waals surface area contributed by atoms with Crippen LogP contribution in [0.2, 0.25) is 0 Å². The first-order chi connectivity index (χ1) is 20.2. The number of H-pyrrole nitrogens is 2. The fraction of sp³-hybridized carbons (Fsp3) is 0.526. The van der Waals surface area contributed by atoms with Gasteiger partial charge in [-0.2, -0.15) is 4.98 Å². The Hall–Kier alpha value is -3.11. The maximum Gasteiger partial charge on any atom is 0.472 e. The third-order valence-corrected chi connectivity index (χ3v) is 8.75. The third kappa shape index (κ3) is 5.64. The number of imidazole rings is 1.